The van der Waals surface area contributed by atoms with Crippen molar-refractivity contribution in [1.29, 1.82) is 0 Å². The highest BCUT2D eigenvalue weighted by Gasteiger charge is 2.29. The van der Waals surface area contributed by atoms with Crippen LogP contribution in [0.25, 0.3) is 0 Å². The van der Waals surface area contributed by atoms with Gasteiger partial charge in [-0.15, -0.1) is 0 Å². The number of benzene rings is 1. The summed E-state index contributed by atoms with van der Waals surface area (Å²) in [7, 11) is 1.51. The van der Waals surface area contributed by atoms with Crippen LogP contribution in [0.2, 0.25) is 0 Å². The predicted octanol–water partition coefficient (Wildman–Crippen LogP) is 4.30. The topological polar surface area (TPSA) is 90.6 Å². The van der Waals surface area contributed by atoms with Crippen molar-refractivity contribution in [2.24, 2.45) is 11.8 Å². The quantitative estimate of drug-likeness (QED) is 0.477. The van der Waals surface area contributed by atoms with Gasteiger partial charge < -0.3 is 14.4 Å². The van der Waals surface area contributed by atoms with Crippen LogP contribution in [0.4, 0.5) is 11.5 Å². The molecule has 1 heterocycles. The van der Waals surface area contributed by atoms with Crippen LogP contribution < -0.4 is 14.4 Å². The number of aromatic nitrogens is 2. The second-order valence-corrected chi connectivity index (χ2v) is 7.05. The summed E-state index contributed by atoms with van der Waals surface area (Å²) < 4.78 is 11.0. The van der Waals surface area contributed by atoms with Gasteiger partial charge in [-0.25, -0.2) is 4.98 Å². The maximum atomic E-state index is 11.9. The van der Waals surface area contributed by atoms with Gasteiger partial charge in [-0.3, -0.25) is 10.1 Å². The molecule has 2 rings (SSSR count). The minimum Gasteiger partial charge on any atom is -0.493 e. The third-order valence-electron chi connectivity index (χ3n) is 3.70. The van der Waals surface area contributed by atoms with Crippen molar-refractivity contribution in [1.82, 2.24) is 9.97 Å². The lowest BCUT2D eigenvalue weighted by molar-refractivity contribution is -0.385. The molecule has 2 aromatic rings. The highest BCUT2D eigenvalue weighted by Crippen LogP contribution is 2.39. The number of anilines is 1. The van der Waals surface area contributed by atoms with Gasteiger partial charge >= 0.3 is 11.6 Å². The van der Waals surface area contributed by atoms with Crippen molar-refractivity contribution in [2.45, 2.75) is 27.7 Å². The van der Waals surface area contributed by atoms with Gasteiger partial charge in [0.15, 0.2) is 11.5 Å². The molecule has 8 heteroatoms. The van der Waals surface area contributed by atoms with Crippen molar-refractivity contribution < 1.29 is 14.4 Å². The Bertz CT molecular complexity index is 770. The number of ether oxygens (including phenoxy) is 2. The predicted molar refractivity (Wildman–Crippen MR) is 104 cm³/mol. The number of nitrogens with zero attached hydrogens (tertiary/aromatic N) is 4. The molecule has 0 spiro atoms. The summed E-state index contributed by atoms with van der Waals surface area (Å²) in [4.78, 5) is 21.5. The number of hydrogen-bond donors (Lipinski definition) is 0. The average Bonchev–Trinajstić information content (AvgIpc) is 2.60. The van der Waals surface area contributed by atoms with Gasteiger partial charge in [-0.1, -0.05) is 39.8 Å². The van der Waals surface area contributed by atoms with Gasteiger partial charge in [0, 0.05) is 13.1 Å². The molecule has 0 N–H and O–H groups in total. The lowest BCUT2D eigenvalue weighted by Crippen LogP contribution is -2.32. The summed E-state index contributed by atoms with van der Waals surface area (Å²) in [5, 5.41) is 11.9. The third-order valence-corrected chi connectivity index (χ3v) is 3.70. The molecule has 1 aromatic carbocycles. The smallest absolute Gasteiger partial charge is 0.373 e. The van der Waals surface area contributed by atoms with E-state index in [0.717, 1.165) is 0 Å². The first-order valence-corrected chi connectivity index (χ1v) is 8.88. The molecule has 0 fully saturated rings. The van der Waals surface area contributed by atoms with Crippen molar-refractivity contribution in [3.63, 3.8) is 0 Å². The molecule has 0 saturated carbocycles. The molecule has 0 bridgehead atoms. The molecular weight excluding hydrogens is 348 g/mol. The van der Waals surface area contributed by atoms with E-state index in [1.54, 1.807) is 24.3 Å². The Hall–Kier alpha value is -2.90. The number of rotatable bonds is 9. The Balaban J connectivity index is 2.50. The van der Waals surface area contributed by atoms with E-state index < -0.39 is 4.92 Å². The normalized spacial score (nSPS) is 10.9. The van der Waals surface area contributed by atoms with E-state index in [9.17, 15) is 10.1 Å². The molecule has 0 unspecified atom stereocenters. The molecule has 0 radical (unpaired) electrons. The van der Waals surface area contributed by atoms with Gasteiger partial charge in [-0.2, -0.15) is 4.98 Å². The van der Waals surface area contributed by atoms with Gasteiger partial charge in [0.1, 0.15) is 6.33 Å². The van der Waals surface area contributed by atoms with Gasteiger partial charge in [0.05, 0.1) is 12.0 Å². The van der Waals surface area contributed by atoms with Gasteiger partial charge in [0.2, 0.25) is 5.82 Å². The van der Waals surface area contributed by atoms with Crippen LogP contribution >= 0.6 is 0 Å². The van der Waals surface area contributed by atoms with Crippen LogP contribution in [-0.2, 0) is 0 Å². The van der Waals surface area contributed by atoms with E-state index >= 15 is 0 Å². The molecule has 0 amide bonds. The van der Waals surface area contributed by atoms with Gasteiger partial charge in [0.25, 0.3) is 0 Å². The SMILES string of the molecule is COc1ccccc1Oc1ncnc(N(CC(C)C)CC(C)C)c1[N+](=O)[O-]. The molecule has 27 heavy (non-hydrogen) atoms. The number of methoxy groups -OCH3 is 1. The fraction of sp³-hybridized carbons (Fsp3) is 0.474. The third kappa shape index (κ3) is 5.29. The van der Waals surface area contributed by atoms with Crippen LogP contribution in [0.5, 0.6) is 17.4 Å². The molecule has 0 aliphatic carbocycles. The summed E-state index contributed by atoms with van der Waals surface area (Å²) in [5.41, 5.74) is -0.246. The fourth-order valence-electron chi connectivity index (χ4n) is 2.76. The molecule has 1 aromatic heterocycles. The number of nitro groups is 1. The highest BCUT2D eigenvalue weighted by atomic mass is 16.6. The Labute approximate surface area is 159 Å². The van der Waals surface area contributed by atoms with Crippen LogP contribution in [0.3, 0.4) is 0 Å². The molecule has 8 nitrogen and oxygen atoms in total. The highest BCUT2D eigenvalue weighted by molar-refractivity contribution is 5.63. The maximum Gasteiger partial charge on any atom is 0.373 e. The molecule has 0 atom stereocenters. The monoisotopic (exact) mass is 374 g/mol. The van der Waals surface area contributed by atoms with Crippen molar-refractivity contribution in [3.05, 3.63) is 40.7 Å². The van der Waals surface area contributed by atoms with E-state index in [1.807, 2.05) is 4.90 Å². The summed E-state index contributed by atoms with van der Waals surface area (Å²) in [6.45, 7) is 9.53. The summed E-state index contributed by atoms with van der Waals surface area (Å²) >= 11 is 0. The molecule has 0 aliphatic rings. The largest absolute Gasteiger partial charge is 0.493 e. The Morgan fingerprint density at radius 3 is 2.19 bits per heavy atom. The first kappa shape index (κ1) is 20.4. The van der Waals surface area contributed by atoms with Crippen LogP contribution in [0.1, 0.15) is 27.7 Å². The van der Waals surface area contributed by atoms with E-state index in [2.05, 4.69) is 37.7 Å². The van der Waals surface area contributed by atoms with Crippen LogP contribution in [0.15, 0.2) is 30.6 Å². The number of hydrogen-bond acceptors (Lipinski definition) is 7. The second-order valence-electron chi connectivity index (χ2n) is 7.05. The summed E-state index contributed by atoms with van der Waals surface area (Å²) in [6.07, 6.45) is 1.29. The van der Waals surface area contributed by atoms with Crippen molar-refractivity contribution in [3.8, 4) is 17.4 Å². The first-order valence-electron chi connectivity index (χ1n) is 8.88. The summed E-state index contributed by atoms with van der Waals surface area (Å²) in [5.74, 6) is 1.61. The Morgan fingerprint density at radius 1 is 1.07 bits per heavy atom. The Morgan fingerprint density at radius 2 is 1.67 bits per heavy atom. The zero-order valence-electron chi connectivity index (χ0n) is 16.4. The van der Waals surface area contributed by atoms with Crippen molar-refractivity contribution in [2.75, 3.05) is 25.1 Å². The minimum atomic E-state index is -0.492. The van der Waals surface area contributed by atoms with E-state index in [0.29, 0.717) is 36.4 Å². The molecular formula is C19H26N4O4. The fourth-order valence-corrected chi connectivity index (χ4v) is 2.76. The lowest BCUT2D eigenvalue weighted by atomic mass is 10.1. The van der Waals surface area contributed by atoms with Crippen LogP contribution in [0, 0.1) is 22.0 Å². The zero-order valence-corrected chi connectivity index (χ0v) is 16.4. The average molecular weight is 374 g/mol. The summed E-state index contributed by atoms with van der Waals surface area (Å²) in [6, 6.07) is 6.94. The lowest BCUT2D eigenvalue weighted by Gasteiger charge is -2.27. The van der Waals surface area contributed by atoms with E-state index in [1.165, 1.54) is 13.4 Å². The first-order chi connectivity index (χ1) is 12.8. The van der Waals surface area contributed by atoms with Crippen LogP contribution in [-0.4, -0.2) is 35.1 Å². The minimum absolute atomic E-state index is 0.105. The Kier molecular flexibility index (Phi) is 6.92. The molecule has 146 valence electrons. The maximum absolute atomic E-state index is 11.9. The van der Waals surface area contributed by atoms with Gasteiger partial charge in [-0.05, 0) is 24.0 Å². The molecule has 0 saturated heterocycles. The van der Waals surface area contributed by atoms with E-state index in [-0.39, 0.29) is 17.4 Å². The van der Waals surface area contributed by atoms with E-state index in [4.69, 9.17) is 9.47 Å². The van der Waals surface area contributed by atoms with Crippen molar-refractivity contribution >= 4 is 11.5 Å². The number of para-hydroxylation sites is 2. The second kappa shape index (κ2) is 9.16. The standard InChI is InChI=1S/C19H26N4O4/c1-13(2)10-22(11-14(3)4)18-17(23(24)25)19(21-12-20-18)27-16-9-7-6-8-15(16)26-5/h6-9,12-14H,10-11H2,1-5H3. The molecule has 0 aliphatic heterocycles. The zero-order chi connectivity index (χ0) is 20.0.